The van der Waals surface area contributed by atoms with Gasteiger partial charge in [-0.1, -0.05) is 20.3 Å². The molecule has 0 amide bonds. The lowest BCUT2D eigenvalue weighted by Gasteiger charge is -2.22. The molecule has 0 saturated carbocycles. The first-order chi connectivity index (χ1) is 7.10. The minimum Gasteiger partial charge on any atom is -0.313 e. The van der Waals surface area contributed by atoms with Crippen molar-refractivity contribution in [1.29, 1.82) is 0 Å². The maximum atomic E-state index is 4.40. The maximum absolute atomic E-state index is 4.40. The van der Waals surface area contributed by atoms with Crippen LogP contribution in [0.15, 0.2) is 6.20 Å². The van der Waals surface area contributed by atoms with E-state index < -0.39 is 0 Å². The Bertz CT molecular complexity index is 304. The first-order valence-corrected chi connectivity index (χ1v) is 5.77. The van der Waals surface area contributed by atoms with Gasteiger partial charge in [0.15, 0.2) is 0 Å². The van der Waals surface area contributed by atoms with E-state index in [9.17, 15) is 0 Å². The van der Waals surface area contributed by atoms with Crippen molar-refractivity contribution in [3.8, 4) is 0 Å². The predicted octanol–water partition coefficient (Wildman–Crippen LogP) is 2.43. The van der Waals surface area contributed by atoms with Gasteiger partial charge in [0.2, 0.25) is 0 Å². The summed E-state index contributed by atoms with van der Waals surface area (Å²) >= 11 is 0. The summed E-state index contributed by atoms with van der Waals surface area (Å²) in [5, 5.41) is 7.80. The third-order valence-corrected chi connectivity index (χ3v) is 3.01. The Labute approximate surface area is 92.9 Å². The molecule has 15 heavy (non-hydrogen) atoms. The normalized spacial score (nSPS) is 15.3. The molecule has 0 aliphatic rings. The summed E-state index contributed by atoms with van der Waals surface area (Å²) in [5.41, 5.74) is 2.47. The standard InChI is InChI=1S/C12H23N3/c1-6-7-9(2)12(13-4)11-8-15(5)14-10(11)3/h8-9,12-13H,6-7H2,1-5H3. The zero-order valence-corrected chi connectivity index (χ0v) is 10.5. The van der Waals surface area contributed by atoms with E-state index in [1.807, 2.05) is 18.8 Å². The Morgan fingerprint density at radius 1 is 1.53 bits per heavy atom. The minimum absolute atomic E-state index is 0.429. The molecule has 2 atom stereocenters. The van der Waals surface area contributed by atoms with Crippen molar-refractivity contribution in [1.82, 2.24) is 15.1 Å². The SMILES string of the molecule is CCCC(C)C(NC)c1cn(C)nc1C. The van der Waals surface area contributed by atoms with Crippen molar-refractivity contribution in [2.24, 2.45) is 13.0 Å². The van der Waals surface area contributed by atoms with E-state index >= 15 is 0 Å². The highest BCUT2D eigenvalue weighted by atomic mass is 15.3. The van der Waals surface area contributed by atoms with E-state index in [2.05, 4.69) is 37.4 Å². The lowest BCUT2D eigenvalue weighted by atomic mass is 9.91. The van der Waals surface area contributed by atoms with Crippen LogP contribution >= 0.6 is 0 Å². The Morgan fingerprint density at radius 2 is 2.20 bits per heavy atom. The molecule has 0 aliphatic heterocycles. The minimum atomic E-state index is 0.429. The zero-order chi connectivity index (χ0) is 11.4. The molecule has 1 aromatic rings. The molecule has 0 aliphatic carbocycles. The van der Waals surface area contributed by atoms with Gasteiger partial charge < -0.3 is 5.32 Å². The van der Waals surface area contributed by atoms with Crippen molar-refractivity contribution in [2.75, 3.05) is 7.05 Å². The van der Waals surface area contributed by atoms with E-state index in [-0.39, 0.29) is 0 Å². The first kappa shape index (κ1) is 12.2. The molecule has 1 aromatic heterocycles. The highest BCUT2D eigenvalue weighted by molar-refractivity contribution is 5.20. The predicted molar refractivity (Wildman–Crippen MR) is 63.8 cm³/mol. The fraction of sp³-hybridized carbons (Fsp3) is 0.750. The van der Waals surface area contributed by atoms with Crippen molar-refractivity contribution < 1.29 is 0 Å². The second-order valence-electron chi connectivity index (χ2n) is 4.38. The second kappa shape index (κ2) is 5.31. The molecular formula is C12H23N3. The molecule has 1 rings (SSSR count). The van der Waals surface area contributed by atoms with E-state index in [0.29, 0.717) is 12.0 Å². The van der Waals surface area contributed by atoms with E-state index in [1.165, 1.54) is 18.4 Å². The van der Waals surface area contributed by atoms with Crippen molar-refractivity contribution in [2.45, 2.75) is 39.7 Å². The average Bonchev–Trinajstić information content (AvgIpc) is 2.47. The first-order valence-electron chi connectivity index (χ1n) is 5.77. The molecule has 86 valence electrons. The smallest absolute Gasteiger partial charge is 0.0641 e. The summed E-state index contributed by atoms with van der Waals surface area (Å²) in [6, 6.07) is 0.429. The third-order valence-electron chi connectivity index (χ3n) is 3.01. The number of rotatable bonds is 5. The topological polar surface area (TPSA) is 29.9 Å². The molecule has 1 heterocycles. The molecule has 3 heteroatoms. The van der Waals surface area contributed by atoms with Gasteiger partial charge in [-0.2, -0.15) is 5.10 Å². The van der Waals surface area contributed by atoms with Gasteiger partial charge in [-0.15, -0.1) is 0 Å². The fourth-order valence-electron chi connectivity index (χ4n) is 2.29. The number of hydrogen-bond donors (Lipinski definition) is 1. The molecule has 0 aromatic carbocycles. The van der Waals surface area contributed by atoms with Crippen LogP contribution in [0.25, 0.3) is 0 Å². The van der Waals surface area contributed by atoms with Crippen LogP contribution in [-0.2, 0) is 7.05 Å². The van der Waals surface area contributed by atoms with Crippen LogP contribution in [-0.4, -0.2) is 16.8 Å². The van der Waals surface area contributed by atoms with Crippen molar-refractivity contribution >= 4 is 0 Å². The van der Waals surface area contributed by atoms with Crippen LogP contribution in [0.1, 0.15) is 44.0 Å². The maximum Gasteiger partial charge on any atom is 0.0641 e. The van der Waals surface area contributed by atoms with Gasteiger partial charge in [0.1, 0.15) is 0 Å². The average molecular weight is 209 g/mol. The van der Waals surface area contributed by atoms with Gasteiger partial charge in [-0.25, -0.2) is 0 Å². The Hall–Kier alpha value is -0.830. The Balaban J connectivity index is 2.86. The van der Waals surface area contributed by atoms with Crippen LogP contribution in [0.4, 0.5) is 0 Å². The van der Waals surface area contributed by atoms with Crippen LogP contribution in [0.3, 0.4) is 0 Å². The van der Waals surface area contributed by atoms with E-state index in [0.717, 1.165) is 5.69 Å². The summed E-state index contributed by atoms with van der Waals surface area (Å²) in [6.45, 7) is 6.62. The highest BCUT2D eigenvalue weighted by Gasteiger charge is 2.20. The molecule has 0 radical (unpaired) electrons. The Kier molecular flexibility index (Phi) is 4.33. The summed E-state index contributed by atoms with van der Waals surface area (Å²) in [7, 11) is 4.01. The van der Waals surface area contributed by atoms with Gasteiger partial charge in [0, 0.05) is 24.8 Å². The molecule has 3 nitrogen and oxygen atoms in total. The van der Waals surface area contributed by atoms with Gasteiger partial charge in [-0.05, 0) is 26.3 Å². The van der Waals surface area contributed by atoms with E-state index in [4.69, 9.17) is 0 Å². The van der Waals surface area contributed by atoms with Crippen LogP contribution in [0.2, 0.25) is 0 Å². The number of nitrogens with zero attached hydrogens (tertiary/aromatic N) is 2. The number of aryl methyl sites for hydroxylation is 2. The van der Waals surface area contributed by atoms with Gasteiger partial charge in [0.25, 0.3) is 0 Å². The summed E-state index contributed by atoms with van der Waals surface area (Å²) in [4.78, 5) is 0. The fourth-order valence-corrected chi connectivity index (χ4v) is 2.29. The summed E-state index contributed by atoms with van der Waals surface area (Å²) in [6.07, 6.45) is 4.61. The van der Waals surface area contributed by atoms with Crippen LogP contribution in [0.5, 0.6) is 0 Å². The number of nitrogens with one attached hydrogen (secondary N) is 1. The zero-order valence-electron chi connectivity index (χ0n) is 10.5. The molecule has 2 unspecified atom stereocenters. The summed E-state index contributed by atoms with van der Waals surface area (Å²) in [5.74, 6) is 0.655. The largest absolute Gasteiger partial charge is 0.313 e. The third kappa shape index (κ3) is 2.81. The van der Waals surface area contributed by atoms with Crippen LogP contribution < -0.4 is 5.32 Å². The molecule has 0 saturated heterocycles. The number of hydrogen-bond acceptors (Lipinski definition) is 2. The second-order valence-corrected chi connectivity index (χ2v) is 4.38. The van der Waals surface area contributed by atoms with Gasteiger partial charge in [-0.3, -0.25) is 4.68 Å². The lowest BCUT2D eigenvalue weighted by molar-refractivity contribution is 0.382. The highest BCUT2D eigenvalue weighted by Crippen LogP contribution is 2.26. The number of aromatic nitrogens is 2. The van der Waals surface area contributed by atoms with Crippen molar-refractivity contribution in [3.05, 3.63) is 17.5 Å². The Morgan fingerprint density at radius 3 is 2.60 bits per heavy atom. The quantitative estimate of drug-likeness (QED) is 0.807. The van der Waals surface area contributed by atoms with Crippen molar-refractivity contribution in [3.63, 3.8) is 0 Å². The lowest BCUT2D eigenvalue weighted by Crippen LogP contribution is -2.23. The van der Waals surface area contributed by atoms with Gasteiger partial charge in [0.05, 0.1) is 5.69 Å². The van der Waals surface area contributed by atoms with Gasteiger partial charge >= 0.3 is 0 Å². The van der Waals surface area contributed by atoms with E-state index in [1.54, 1.807) is 0 Å². The molecule has 0 fully saturated rings. The molecule has 0 bridgehead atoms. The molecule has 0 spiro atoms. The molecular weight excluding hydrogens is 186 g/mol. The monoisotopic (exact) mass is 209 g/mol. The molecule has 1 N–H and O–H groups in total. The summed E-state index contributed by atoms with van der Waals surface area (Å²) < 4.78 is 1.90. The van der Waals surface area contributed by atoms with Crippen LogP contribution in [0, 0.1) is 12.8 Å².